The highest BCUT2D eigenvalue weighted by molar-refractivity contribution is 5.98. The molecule has 7 atom stereocenters. The molecule has 7 amide bonds. The Morgan fingerprint density at radius 2 is 1.48 bits per heavy atom. The van der Waals surface area contributed by atoms with Crippen molar-refractivity contribution in [3.63, 3.8) is 0 Å². The van der Waals surface area contributed by atoms with Crippen molar-refractivity contribution in [2.45, 2.75) is 127 Å². The molecule has 1 aromatic heterocycles. The normalized spacial score (nSPS) is 22.2. The number of H-pyrrole nitrogens is 1. The summed E-state index contributed by atoms with van der Waals surface area (Å²) in [7, 11) is 0. The second kappa shape index (κ2) is 28.5. The first-order valence-corrected chi connectivity index (χ1v) is 25.3. The SMILES string of the molecule is CC(=O)N[C@@H](CCCN=C(N)N)C(=O)N[C@H]1CCCNC(=O)CC[C@@H](C(N)=O)NC(=O)[C@H](Cc2c[nH]c3ccccc23)CC(=O)[C@H](CCCN=C(N)N)CC(=O)[C@@H](Cc2ccccc2F)NC(=O)[C@@H]2CCCN2C1=O. The van der Waals surface area contributed by atoms with Gasteiger partial charge in [0, 0.05) is 87.7 Å². The Kier molecular flexibility index (Phi) is 22.0. The first-order chi connectivity index (χ1) is 35.8. The quantitative estimate of drug-likeness (QED) is 0.0489. The lowest BCUT2D eigenvalue weighted by Gasteiger charge is -2.31. The number of hydrogen-bond acceptors (Lipinski definition) is 11. The molecular weight excluding hydrogens is 972 g/mol. The summed E-state index contributed by atoms with van der Waals surface area (Å²) in [6.07, 6.45) is 1.26. The van der Waals surface area contributed by atoms with Gasteiger partial charge in [0.05, 0.1) is 6.04 Å². The van der Waals surface area contributed by atoms with Crippen LogP contribution in [0.4, 0.5) is 4.39 Å². The Balaban J connectivity index is 1.52. The fourth-order valence-electron chi connectivity index (χ4n) is 9.46. The van der Waals surface area contributed by atoms with Gasteiger partial charge in [-0.2, -0.15) is 0 Å². The van der Waals surface area contributed by atoms with Gasteiger partial charge in [-0.15, -0.1) is 0 Å². The Morgan fingerprint density at radius 3 is 2.19 bits per heavy atom. The highest BCUT2D eigenvalue weighted by atomic mass is 19.1. The standard InChI is InChI=1S/C51H71FN14O9/c1-29(67)62-38(15-7-22-60-51(56)57)47(73)64-39-16-8-20-58-44(70)19-18-37(45(53)71)63-46(72)32(24-33-28-61-36-14-5-3-12-34(33)36)27-42(68)31(11-6-21-59-50(54)55)26-43(69)40(25-30-10-2-4-13-35(30)52)65-48(74)41-17-9-23-66(41)49(39)75/h2-5,10,12-14,28,31-32,37-41,61H,6-9,11,15-27H2,1H3,(H2,53,71)(H,58,70)(H,62,67)(H,63,72)(H,64,73)(H,65,74)(H4,54,55,59)(H4,56,57,60)/t31-,32-,37+,38+,39+,40-,41+/m1/s1. The summed E-state index contributed by atoms with van der Waals surface area (Å²) >= 11 is 0. The van der Waals surface area contributed by atoms with E-state index in [2.05, 4.69) is 41.6 Å². The summed E-state index contributed by atoms with van der Waals surface area (Å²) in [6, 6.07) is 6.73. The molecule has 0 aliphatic carbocycles. The van der Waals surface area contributed by atoms with Gasteiger partial charge in [-0.25, -0.2) is 4.39 Å². The van der Waals surface area contributed by atoms with Crippen molar-refractivity contribution >= 4 is 75.7 Å². The van der Waals surface area contributed by atoms with Crippen LogP contribution < -0.4 is 55.3 Å². The molecule has 16 N–H and O–H groups in total. The third kappa shape index (κ3) is 17.9. The predicted octanol–water partition coefficient (Wildman–Crippen LogP) is -0.524. The summed E-state index contributed by atoms with van der Waals surface area (Å²) in [5.41, 5.74) is 29.4. The van der Waals surface area contributed by atoms with Gasteiger partial charge in [0.25, 0.3) is 0 Å². The van der Waals surface area contributed by atoms with E-state index in [1.807, 2.05) is 24.3 Å². The van der Waals surface area contributed by atoms with Gasteiger partial charge >= 0.3 is 0 Å². The Labute approximate surface area is 433 Å². The number of halogens is 1. The van der Waals surface area contributed by atoms with Crippen molar-refractivity contribution in [3.05, 3.63) is 71.7 Å². The molecule has 75 heavy (non-hydrogen) atoms. The third-order valence-corrected chi connectivity index (χ3v) is 13.4. The minimum atomic E-state index is -1.42. The van der Waals surface area contributed by atoms with Crippen LogP contribution in [0.1, 0.15) is 95.1 Å². The van der Waals surface area contributed by atoms with Crippen LogP contribution >= 0.6 is 0 Å². The highest BCUT2D eigenvalue weighted by Gasteiger charge is 2.40. The molecule has 0 saturated carbocycles. The molecule has 24 heteroatoms. The van der Waals surface area contributed by atoms with Crippen LogP contribution in [0.25, 0.3) is 10.9 Å². The van der Waals surface area contributed by atoms with Gasteiger partial charge in [0.15, 0.2) is 17.7 Å². The number of para-hydroxylation sites is 1. The van der Waals surface area contributed by atoms with Crippen molar-refractivity contribution in [1.29, 1.82) is 0 Å². The van der Waals surface area contributed by atoms with Gasteiger partial charge in [-0.1, -0.05) is 36.4 Å². The van der Waals surface area contributed by atoms with Gasteiger partial charge in [0.2, 0.25) is 41.4 Å². The summed E-state index contributed by atoms with van der Waals surface area (Å²) in [5, 5.41) is 14.3. The first-order valence-electron chi connectivity index (χ1n) is 25.3. The minimum absolute atomic E-state index is 0.00853. The Morgan fingerprint density at radius 1 is 0.787 bits per heavy atom. The van der Waals surface area contributed by atoms with Gasteiger partial charge in [-0.05, 0) is 87.5 Å². The molecule has 0 bridgehead atoms. The van der Waals surface area contributed by atoms with E-state index in [1.165, 1.54) is 30.0 Å². The molecule has 0 unspecified atom stereocenters. The predicted molar refractivity (Wildman–Crippen MR) is 277 cm³/mol. The molecule has 3 heterocycles. The number of hydrogen-bond donors (Lipinski definition) is 11. The second-order valence-electron chi connectivity index (χ2n) is 19.1. The van der Waals surface area contributed by atoms with Crippen LogP contribution in [0.15, 0.2) is 64.7 Å². The number of primary amides is 1. The number of ketones is 2. The molecule has 406 valence electrons. The number of rotatable bonds is 16. The summed E-state index contributed by atoms with van der Waals surface area (Å²) in [4.78, 5) is 138. The molecule has 0 spiro atoms. The van der Waals surface area contributed by atoms with Crippen LogP contribution in [0.3, 0.4) is 0 Å². The van der Waals surface area contributed by atoms with E-state index in [0.717, 1.165) is 10.9 Å². The topological polar surface area (TPSA) is 388 Å². The molecule has 2 aliphatic heterocycles. The minimum Gasteiger partial charge on any atom is -0.370 e. The number of nitrogens with zero attached hydrogens (tertiary/aromatic N) is 3. The zero-order chi connectivity index (χ0) is 54.6. The number of carbonyl (C=O) groups excluding carboxylic acids is 9. The van der Waals surface area contributed by atoms with Crippen LogP contribution in [0.2, 0.25) is 0 Å². The monoisotopic (exact) mass is 1040 g/mol. The maximum atomic E-state index is 15.4. The van der Waals surface area contributed by atoms with Crippen molar-refractivity contribution in [3.8, 4) is 0 Å². The molecule has 3 aromatic rings. The van der Waals surface area contributed by atoms with Crippen LogP contribution in [-0.2, 0) is 56.0 Å². The maximum absolute atomic E-state index is 15.4. The molecule has 2 aliphatic rings. The number of aromatic amines is 1. The molecule has 2 fully saturated rings. The number of fused-ring (bicyclic) bond motifs is 2. The van der Waals surface area contributed by atoms with Crippen molar-refractivity contribution < 1.29 is 47.5 Å². The average molecular weight is 1040 g/mol. The lowest BCUT2D eigenvalue weighted by atomic mass is 9.83. The third-order valence-electron chi connectivity index (χ3n) is 13.4. The number of carbonyl (C=O) groups is 9. The number of benzene rings is 2. The molecule has 2 saturated heterocycles. The second-order valence-corrected chi connectivity index (χ2v) is 19.1. The number of nitrogens with one attached hydrogen (secondary N) is 6. The summed E-state index contributed by atoms with van der Waals surface area (Å²) < 4.78 is 15.4. The van der Waals surface area contributed by atoms with Crippen LogP contribution in [0, 0.1) is 17.7 Å². The van der Waals surface area contributed by atoms with Gasteiger partial charge in [-0.3, -0.25) is 53.1 Å². The lowest BCUT2D eigenvalue weighted by molar-refractivity contribution is -0.142. The number of amides is 7. The zero-order valence-electron chi connectivity index (χ0n) is 42.2. The van der Waals surface area contributed by atoms with Crippen molar-refractivity contribution in [1.82, 2.24) is 36.5 Å². The van der Waals surface area contributed by atoms with Crippen LogP contribution in [0.5, 0.6) is 0 Å². The average Bonchev–Trinajstić information content (AvgIpc) is 4.03. The van der Waals surface area contributed by atoms with Crippen LogP contribution in [-0.4, -0.2) is 131 Å². The zero-order valence-corrected chi connectivity index (χ0v) is 42.2. The number of aromatic nitrogens is 1. The summed E-state index contributed by atoms with van der Waals surface area (Å²) in [6.45, 7) is 1.53. The van der Waals surface area contributed by atoms with E-state index >= 15 is 4.39 Å². The van der Waals surface area contributed by atoms with E-state index in [1.54, 1.807) is 12.3 Å². The van der Waals surface area contributed by atoms with E-state index in [9.17, 15) is 43.2 Å². The van der Waals surface area contributed by atoms with E-state index < -0.39 is 114 Å². The largest absolute Gasteiger partial charge is 0.370 e. The fourth-order valence-corrected chi connectivity index (χ4v) is 9.46. The van der Waals surface area contributed by atoms with E-state index in [-0.39, 0.29) is 114 Å². The Bertz CT molecular complexity index is 2600. The van der Waals surface area contributed by atoms with Gasteiger partial charge < -0.3 is 65.1 Å². The van der Waals surface area contributed by atoms with Crippen molar-refractivity contribution in [2.75, 3.05) is 26.2 Å². The maximum Gasteiger partial charge on any atom is 0.245 e. The number of nitrogens with two attached hydrogens (primary N) is 5. The van der Waals surface area contributed by atoms with Crippen molar-refractivity contribution in [2.24, 2.45) is 50.5 Å². The van der Waals surface area contributed by atoms with E-state index in [4.69, 9.17) is 28.7 Å². The molecule has 5 rings (SSSR count). The molecular formula is C51H71FN14O9. The lowest BCUT2D eigenvalue weighted by Crippen LogP contribution is -2.57. The van der Waals surface area contributed by atoms with Gasteiger partial charge in [0.1, 0.15) is 35.8 Å². The molecule has 23 nitrogen and oxygen atoms in total. The molecule has 2 aromatic carbocycles. The highest BCUT2D eigenvalue weighted by Crippen LogP contribution is 2.27. The fraction of sp³-hybridized carbons (Fsp3) is 0.510. The molecule has 0 radical (unpaired) electrons. The Hall–Kier alpha value is -7.92. The van der Waals surface area contributed by atoms with E-state index in [0.29, 0.717) is 12.0 Å². The number of guanidine groups is 2. The number of Topliss-reactive ketones (excluding diaryl/α,β-unsaturated/α-hetero) is 2. The summed E-state index contributed by atoms with van der Waals surface area (Å²) in [5.74, 6) is -9.14. The first kappa shape index (κ1) is 58.0. The smallest absolute Gasteiger partial charge is 0.245 e. The number of aliphatic imine (C=N–C) groups is 2.